The van der Waals surface area contributed by atoms with E-state index in [4.69, 9.17) is 19.7 Å². The van der Waals surface area contributed by atoms with Gasteiger partial charge in [-0.25, -0.2) is 0 Å². The van der Waals surface area contributed by atoms with Gasteiger partial charge in [0.25, 0.3) is 11.8 Å². The Labute approximate surface area is 142 Å². The molecule has 0 aliphatic rings. The number of hydrogen-bond donors (Lipinski definition) is 1. The average molecular weight is 344 g/mol. The number of ether oxygens (including phenoxy) is 1. The van der Waals surface area contributed by atoms with Crippen molar-refractivity contribution in [1.29, 1.82) is 0 Å². The number of rotatable bonds is 6. The van der Waals surface area contributed by atoms with Crippen LogP contribution in [0.25, 0.3) is 10.8 Å². The molecule has 124 valence electrons. The van der Waals surface area contributed by atoms with Gasteiger partial charge in [-0.15, -0.1) is 21.5 Å². The first-order chi connectivity index (χ1) is 11.7. The highest BCUT2D eigenvalue weighted by molar-refractivity contribution is 7.13. The first kappa shape index (κ1) is 16.0. The molecule has 0 aliphatic carbocycles. The number of hydrogen-bond acceptors (Lipinski definition) is 7. The lowest BCUT2D eigenvalue weighted by Crippen LogP contribution is -2.15. The van der Waals surface area contributed by atoms with E-state index in [0.29, 0.717) is 23.1 Å². The minimum atomic E-state index is -0.528. The Morgan fingerprint density at radius 2 is 2.08 bits per heavy atom. The summed E-state index contributed by atoms with van der Waals surface area (Å²) in [6.07, 6.45) is -0.528. The maximum Gasteiger partial charge on any atom is 0.259 e. The third kappa shape index (κ3) is 3.38. The van der Waals surface area contributed by atoms with Crippen molar-refractivity contribution in [2.24, 2.45) is 10.9 Å². The Hall–Kier alpha value is -2.87. The number of methoxy groups -OCH3 is 1. The van der Waals surface area contributed by atoms with Crippen LogP contribution in [0.15, 0.2) is 51.4 Å². The molecule has 0 spiro atoms. The van der Waals surface area contributed by atoms with E-state index in [1.807, 2.05) is 29.6 Å². The minimum Gasteiger partial charge on any atom is -0.496 e. The smallest absolute Gasteiger partial charge is 0.259 e. The van der Waals surface area contributed by atoms with Gasteiger partial charge < -0.3 is 19.7 Å². The molecule has 7 nitrogen and oxygen atoms in total. The Kier molecular flexibility index (Phi) is 4.76. The van der Waals surface area contributed by atoms with Gasteiger partial charge in [0.1, 0.15) is 5.75 Å². The number of thiophene rings is 1. The summed E-state index contributed by atoms with van der Waals surface area (Å²) in [6, 6.07) is 11.1. The van der Waals surface area contributed by atoms with Gasteiger partial charge >= 0.3 is 0 Å². The van der Waals surface area contributed by atoms with Crippen LogP contribution in [0.3, 0.4) is 0 Å². The van der Waals surface area contributed by atoms with Crippen molar-refractivity contribution in [2.75, 3.05) is 7.11 Å². The van der Waals surface area contributed by atoms with E-state index in [0.717, 1.165) is 4.88 Å². The number of amidine groups is 1. The fraction of sp³-hybridized carbons (Fsp3) is 0.188. The molecule has 3 aromatic rings. The zero-order valence-electron chi connectivity index (χ0n) is 13.2. The molecular weight excluding hydrogens is 328 g/mol. The Morgan fingerprint density at radius 1 is 1.25 bits per heavy atom. The lowest BCUT2D eigenvalue weighted by molar-refractivity contribution is 0.0526. The summed E-state index contributed by atoms with van der Waals surface area (Å²) in [4.78, 5) is 6.29. The molecule has 2 aromatic heterocycles. The van der Waals surface area contributed by atoms with Crippen LogP contribution in [-0.2, 0) is 4.84 Å². The molecule has 1 atom stereocenters. The van der Waals surface area contributed by atoms with Gasteiger partial charge in [-0.1, -0.05) is 23.4 Å². The quantitative estimate of drug-likeness (QED) is 0.419. The average Bonchev–Trinajstić information content (AvgIpc) is 3.30. The molecule has 0 fully saturated rings. The molecular formula is C16H16N4O3S. The number of nitrogens with zero attached hydrogens (tertiary/aromatic N) is 3. The summed E-state index contributed by atoms with van der Waals surface area (Å²) < 4.78 is 10.8. The van der Waals surface area contributed by atoms with Crippen molar-refractivity contribution < 1.29 is 14.0 Å². The van der Waals surface area contributed by atoms with E-state index in [-0.39, 0.29) is 5.84 Å². The summed E-state index contributed by atoms with van der Waals surface area (Å²) >= 11 is 1.52. The lowest BCUT2D eigenvalue weighted by Gasteiger charge is -2.09. The summed E-state index contributed by atoms with van der Waals surface area (Å²) in [5.74, 6) is 1.61. The van der Waals surface area contributed by atoms with Crippen LogP contribution >= 0.6 is 11.3 Å². The number of para-hydroxylation sites is 1. The number of aromatic nitrogens is 2. The van der Waals surface area contributed by atoms with E-state index >= 15 is 0 Å². The highest BCUT2D eigenvalue weighted by atomic mass is 32.1. The van der Waals surface area contributed by atoms with E-state index in [1.54, 1.807) is 26.2 Å². The fourth-order valence-corrected chi connectivity index (χ4v) is 2.63. The molecule has 0 bridgehead atoms. The minimum absolute atomic E-state index is 0.206. The van der Waals surface area contributed by atoms with Crippen molar-refractivity contribution in [3.8, 4) is 16.5 Å². The van der Waals surface area contributed by atoms with Crippen LogP contribution < -0.4 is 10.5 Å². The Balaban J connectivity index is 1.72. The number of oxime groups is 1. The second-order valence-electron chi connectivity index (χ2n) is 4.85. The predicted molar refractivity (Wildman–Crippen MR) is 90.8 cm³/mol. The topological polar surface area (TPSA) is 95.8 Å². The van der Waals surface area contributed by atoms with Crippen LogP contribution in [0.4, 0.5) is 0 Å². The molecule has 24 heavy (non-hydrogen) atoms. The lowest BCUT2D eigenvalue weighted by atomic mass is 10.2. The number of benzene rings is 1. The van der Waals surface area contributed by atoms with Crippen LogP contribution in [0.5, 0.6) is 5.75 Å². The highest BCUT2D eigenvalue weighted by Crippen LogP contribution is 2.26. The largest absolute Gasteiger partial charge is 0.496 e. The molecule has 0 saturated carbocycles. The van der Waals surface area contributed by atoms with Crippen molar-refractivity contribution in [1.82, 2.24) is 10.2 Å². The van der Waals surface area contributed by atoms with Gasteiger partial charge in [0.15, 0.2) is 5.84 Å². The van der Waals surface area contributed by atoms with Crippen LogP contribution in [-0.4, -0.2) is 23.1 Å². The van der Waals surface area contributed by atoms with Gasteiger partial charge in [-0.05, 0) is 30.5 Å². The van der Waals surface area contributed by atoms with E-state index in [2.05, 4.69) is 15.4 Å². The highest BCUT2D eigenvalue weighted by Gasteiger charge is 2.17. The van der Waals surface area contributed by atoms with E-state index < -0.39 is 6.10 Å². The van der Waals surface area contributed by atoms with Gasteiger partial charge in [0.2, 0.25) is 6.10 Å². The summed E-state index contributed by atoms with van der Waals surface area (Å²) in [5, 5.41) is 13.9. The SMILES string of the molecule is COc1ccccc1/C(N)=N\O[C@H](C)c1nnc(-c2cccs2)o1. The molecule has 1 aromatic carbocycles. The van der Waals surface area contributed by atoms with E-state index in [9.17, 15) is 0 Å². The molecule has 0 saturated heterocycles. The van der Waals surface area contributed by atoms with Crippen LogP contribution in [0, 0.1) is 0 Å². The molecule has 0 aliphatic heterocycles. The van der Waals surface area contributed by atoms with Crippen LogP contribution in [0.2, 0.25) is 0 Å². The second-order valence-corrected chi connectivity index (χ2v) is 5.79. The molecule has 2 N–H and O–H groups in total. The van der Waals surface area contributed by atoms with Gasteiger partial charge in [-0.2, -0.15) is 0 Å². The van der Waals surface area contributed by atoms with E-state index in [1.165, 1.54) is 11.3 Å². The van der Waals surface area contributed by atoms with Gasteiger partial charge in [0, 0.05) is 0 Å². The zero-order valence-corrected chi connectivity index (χ0v) is 14.0. The molecule has 0 unspecified atom stereocenters. The molecule has 2 heterocycles. The van der Waals surface area contributed by atoms with Gasteiger partial charge in [0.05, 0.1) is 17.6 Å². The third-order valence-corrected chi connectivity index (χ3v) is 4.07. The first-order valence-electron chi connectivity index (χ1n) is 7.19. The standard InChI is InChI=1S/C16H16N4O3S/c1-10(15-18-19-16(22-15)13-8-5-9-24-13)23-20-14(17)11-6-3-4-7-12(11)21-2/h3-10H,1-2H3,(H2,17,20)/t10-/m1/s1. The van der Waals surface area contributed by atoms with Crippen molar-refractivity contribution in [3.05, 3.63) is 53.2 Å². The number of nitrogens with two attached hydrogens (primary N) is 1. The summed E-state index contributed by atoms with van der Waals surface area (Å²) in [7, 11) is 1.57. The second kappa shape index (κ2) is 7.14. The molecule has 3 rings (SSSR count). The Morgan fingerprint density at radius 3 is 2.83 bits per heavy atom. The van der Waals surface area contributed by atoms with Crippen molar-refractivity contribution in [2.45, 2.75) is 13.0 Å². The first-order valence-corrected chi connectivity index (χ1v) is 8.07. The fourth-order valence-electron chi connectivity index (χ4n) is 1.99. The van der Waals surface area contributed by atoms with Gasteiger partial charge in [-0.3, -0.25) is 0 Å². The van der Waals surface area contributed by atoms with Crippen molar-refractivity contribution >= 4 is 17.2 Å². The molecule has 8 heteroatoms. The Bertz CT molecular complexity index is 829. The normalized spacial score (nSPS) is 12.8. The maximum atomic E-state index is 5.96. The maximum absolute atomic E-state index is 5.96. The van der Waals surface area contributed by atoms with Crippen molar-refractivity contribution in [3.63, 3.8) is 0 Å². The monoisotopic (exact) mass is 344 g/mol. The summed E-state index contributed by atoms with van der Waals surface area (Å²) in [6.45, 7) is 1.75. The molecule has 0 amide bonds. The summed E-state index contributed by atoms with van der Waals surface area (Å²) in [5.41, 5.74) is 6.61. The zero-order chi connectivity index (χ0) is 16.9. The third-order valence-electron chi connectivity index (χ3n) is 3.21. The van der Waals surface area contributed by atoms with Crippen LogP contribution in [0.1, 0.15) is 24.5 Å². The predicted octanol–water partition coefficient (Wildman–Crippen LogP) is 3.20. The molecule has 0 radical (unpaired) electrons.